The van der Waals surface area contributed by atoms with Crippen molar-refractivity contribution in [3.63, 3.8) is 0 Å². The van der Waals surface area contributed by atoms with E-state index >= 15 is 0 Å². The first-order valence-electron chi connectivity index (χ1n) is 7.18. The van der Waals surface area contributed by atoms with Gasteiger partial charge in [-0.2, -0.15) is 0 Å². The first kappa shape index (κ1) is 21.2. The van der Waals surface area contributed by atoms with E-state index in [-0.39, 0.29) is 39.6 Å². The molecule has 0 aromatic heterocycles. The molecule has 0 heterocycles. The summed E-state index contributed by atoms with van der Waals surface area (Å²) in [5.74, 6) is 0. The number of aliphatic hydroxyl groups excluding tert-OH is 3. The van der Waals surface area contributed by atoms with Gasteiger partial charge in [-0.3, -0.25) is 0 Å². The van der Waals surface area contributed by atoms with E-state index in [1.54, 1.807) is 12.2 Å². The van der Waals surface area contributed by atoms with Gasteiger partial charge in [-0.05, 0) is 0 Å². The SMILES string of the molecule is C=CCOCC(O)COC(COCC=C)COC(CO)CO. The molecule has 0 amide bonds. The molecular formula is C15H28O7. The molecule has 0 aliphatic carbocycles. The first-order valence-corrected chi connectivity index (χ1v) is 7.18. The first-order chi connectivity index (χ1) is 10.7. The molecule has 0 rings (SSSR count). The van der Waals surface area contributed by atoms with Crippen LogP contribution in [0.25, 0.3) is 0 Å². The molecule has 0 fully saturated rings. The summed E-state index contributed by atoms with van der Waals surface area (Å²) in [5.41, 5.74) is 0. The van der Waals surface area contributed by atoms with Crippen LogP contribution in [0.1, 0.15) is 0 Å². The highest BCUT2D eigenvalue weighted by atomic mass is 16.6. The van der Waals surface area contributed by atoms with E-state index in [4.69, 9.17) is 29.2 Å². The monoisotopic (exact) mass is 320 g/mol. The lowest BCUT2D eigenvalue weighted by Gasteiger charge is -2.22. The van der Waals surface area contributed by atoms with Crippen LogP contribution in [0.5, 0.6) is 0 Å². The average molecular weight is 320 g/mol. The second kappa shape index (κ2) is 15.1. The molecule has 0 saturated carbocycles. The summed E-state index contributed by atoms with van der Waals surface area (Å²) in [4.78, 5) is 0. The molecule has 7 heteroatoms. The largest absolute Gasteiger partial charge is 0.394 e. The zero-order valence-corrected chi connectivity index (χ0v) is 12.9. The predicted octanol–water partition coefficient (Wildman–Crippen LogP) is -0.492. The fourth-order valence-corrected chi connectivity index (χ4v) is 1.42. The van der Waals surface area contributed by atoms with Crippen molar-refractivity contribution < 1.29 is 34.3 Å². The zero-order chi connectivity index (χ0) is 16.6. The smallest absolute Gasteiger partial charge is 0.104 e. The summed E-state index contributed by atoms with van der Waals surface area (Å²) >= 11 is 0. The van der Waals surface area contributed by atoms with Crippen LogP contribution < -0.4 is 0 Å². The molecule has 3 N–H and O–H groups in total. The molecule has 0 spiro atoms. The Morgan fingerprint density at radius 3 is 1.86 bits per heavy atom. The number of hydrogen-bond donors (Lipinski definition) is 3. The fourth-order valence-electron chi connectivity index (χ4n) is 1.42. The summed E-state index contributed by atoms with van der Waals surface area (Å²) in [6.07, 6.45) is 1.34. The Hall–Kier alpha value is -0.800. The minimum Gasteiger partial charge on any atom is -0.394 e. The van der Waals surface area contributed by atoms with Crippen molar-refractivity contribution in [2.45, 2.75) is 18.3 Å². The van der Waals surface area contributed by atoms with Crippen LogP contribution in [0.4, 0.5) is 0 Å². The van der Waals surface area contributed by atoms with Crippen LogP contribution in [0.3, 0.4) is 0 Å². The topological polar surface area (TPSA) is 97.6 Å². The second-order valence-electron chi connectivity index (χ2n) is 4.58. The normalized spacial score (nSPS) is 14.0. The van der Waals surface area contributed by atoms with E-state index < -0.39 is 18.3 Å². The van der Waals surface area contributed by atoms with Gasteiger partial charge < -0.3 is 34.3 Å². The molecule has 0 aromatic carbocycles. The zero-order valence-electron chi connectivity index (χ0n) is 12.9. The third kappa shape index (κ3) is 11.8. The summed E-state index contributed by atoms with van der Waals surface area (Å²) in [5, 5.41) is 27.6. The van der Waals surface area contributed by atoms with Gasteiger partial charge in [0.25, 0.3) is 0 Å². The average Bonchev–Trinajstić information content (AvgIpc) is 2.53. The van der Waals surface area contributed by atoms with Crippen molar-refractivity contribution in [3.8, 4) is 0 Å². The molecular weight excluding hydrogens is 292 g/mol. The molecule has 2 unspecified atom stereocenters. The molecule has 0 aliphatic heterocycles. The van der Waals surface area contributed by atoms with Gasteiger partial charge in [0.1, 0.15) is 18.3 Å². The molecule has 0 aromatic rings. The third-order valence-corrected chi connectivity index (χ3v) is 2.53. The minimum atomic E-state index is -0.770. The van der Waals surface area contributed by atoms with Gasteiger partial charge in [0.2, 0.25) is 0 Å². The van der Waals surface area contributed by atoms with Crippen LogP contribution in [0, 0.1) is 0 Å². The molecule has 2 atom stereocenters. The van der Waals surface area contributed by atoms with E-state index in [9.17, 15) is 5.11 Å². The lowest BCUT2D eigenvalue weighted by Crippen LogP contribution is -2.34. The Balaban J connectivity index is 4.09. The van der Waals surface area contributed by atoms with Crippen molar-refractivity contribution >= 4 is 0 Å². The molecule has 0 aliphatic rings. The van der Waals surface area contributed by atoms with Gasteiger partial charge in [-0.25, -0.2) is 0 Å². The molecule has 22 heavy (non-hydrogen) atoms. The van der Waals surface area contributed by atoms with Gasteiger partial charge in [0.15, 0.2) is 0 Å². The molecule has 7 nitrogen and oxygen atoms in total. The van der Waals surface area contributed by atoms with Gasteiger partial charge in [-0.1, -0.05) is 12.2 Å². The standard InChI is InChI=1S/C15H28O7/c1-3-5-19-9-13(18)10-21-15(11-20-6-4-2)12-22-14(7-16)8-17/h3-4,13-18H,1-2,5-12H2. The number of rotatable bonds is 16. The van der Waals surface area contributed by atoms with Crippen LogP contribution in [0.2, 0.25) is 0 Å². The van der Waals surface area contributed by atoms with Crippen molar-refractivity contribution in [3.05, 3.63) is 25.3 Å². The highest BCUT2D eigenvalue weighted by Gasteiger charge is 2.16. The molecule has 0 bridgehead atoms. The molecule has 0 saturated heterocycles. The lowest BCUT2D eigenvalue weighted by molar-refractivity contribution is -0.112. The third-order valence-electron chi connectivity index (χ3n) is 2.53. The predicted molar refractivity (Wildman–Crippen MR) is 81.7 cm³/mol. The van der Waals surface area contributed by atoms with Gasteiger partial charge in [0, 0.05) is 0 Å². The van der Waals surface area contributed by atoms with Crippen molar-refractivity contribution in [1.82, 2.24) is 0 Å². The lowest BCUT2D eigenvalue weighted by atomic mass is 10.3. The highest BCUT2D eigenvalue weighted by molar-refractivity contribution is 4.67. The highest BCUT2D eigenvalue weighted by Crippen LogP contribution is 2.01. The van der Waals surface area contributed by atoms with Gasteiger partial charge >= 0.3 is 0 Å². The summed E-state index contributed by atoms with van der Waals surface area (Å²) in [6.45, 7) is 7.80. The van der Waals surface area contributed by atoms with Gasteiger partial charge in [0.05, 0.1) is 52.9 Å². The van der Waals surface area contributed by atoms with Crippen LogP contribution >= 0.6 is 0 Å². The van der Waals surface area contributed by atoms with E-state index in [0.29, 0.717) is 13.2 Å². The maximum Gasteiger partial charge on any atom is 0.104 e. The van der Waals surface area contributed by atoms with Crippen LogP contribution in [-0.2, 0) is 18.9 Å². The maximum atomic E-state index is 9.70. The Morgan fingerprint density at radius 2 is 1.32 bits per heavy atom. The van der Waals surface area contributed by atoms with E-state index in [1.165, 1.54) is 0 Å². The minimum absolute atomic E-state index is 0.0610. The fraction of sp³-hybridized carbons (Fsp3) is 0.733. The maximum absolute atomic E-state index is 9.70. The van der Waals surface area contributed by atoms with Crippen LogP contribution in [0.15, 0.2) is 25.3 Å². The Kier molecular flexibility index (Phi) is 14.6. The van der Waals surface area contributed by atoms with Crippen molar-refractivity contribution in [1.29, 1.82) is 0 Å². The second-order valence-corrected chi connectivity index (χ2v) is 4.58. The summed E-state index contributed by atoms with van der Waals surface area (Å²) < 4.78 is 21.2. The molecule has 130 valence electrons. The van der Waals surface area contributed by atoms with Crippen molar-refractivity contribution in [2.75, 3.05) is 52.9 Å². The van der Waals surface area contributed by atoms with E-state index in [0.717, 1.165) is 0 Å². The Morgan fingerprint density at radius 1 is 0.773 bits per heavy atom. The number of aliphatic hydroxyl groups is 3. The van der Waals surface area contributed by atoms with Crippen LogP contribution in [-0.4, -0.2) is 86.5 Å². The van der Waals surface area contributed by atoms with E-state index in [1.807, 2.05) is 0 Å². The molecule has 0 radical (unpaired) electrons. The number of hydrogen-bond acceptors (Lipinski definition) is 7. The Bertz CT molecular complexity index is 269. The number of ether oxygens (including phenoxy) is 4. The van der Waals surface area contributed by atoms with Crippen molar-refractivity contribution in [2.24, 2.45) is 0 Å². The quantitative estimate of drug-likeness (QED) is 0.261. The summed E-state index contributed by atoms with van der Waals surface area (Å²) in [7, 11) is 0. The van der Waals surface area contributed by atoms with Gasteiger partial charge in [-0.15, -0.1) is 13.2 Å². The summed E-state index contributed by atoms with van der Waals surface area (Å²) in [6, 6.07) is 0. The van der Waals surface area contributed by atoms with E-state index in [2.05, 4.69) is 13.2 Å². The Labute approximate surface area is 131 Å².